The number of fused-ring (bicyclic) bond motifs is 2. The van der Waals surface area contributed by atoms with Crippen molar-refractivity contribution in [3.05, 3.63) is 69.5 Å². The fourth-order valence-electron chi connectivity index (χ4n) is 4.24. The number of nitrogens with one attached hydrogen (secondary N) is 2. The van der Waals surface area contributed by atoms with Gasteiger partial charge in [-0.2, -0.15) is 5.10 Å². The second-order valence-electron chi connectivity index (χ2n) is 8.18. The monoisotopic (exact) mass is 480 g/mol. The van der Waals surface area contributed by atoms with Crippen LogP contribution in [0.4, 0.5) is 11.4 Å². The normalized spacial score (nSPS) is 17.4. The third kappa shape index (κ3) is 3.31. The van der Waals surface area contributed by atoms with Gasteiger partial charge in [0.2, 0.25) is 0 Å². The van der Waals surface area contributed by atoms with Crippen LogP contribution in [0.15, 0.2) is 46.9 Å². The summed E-state index contributed by atoms with van der Waals surface area (Å²) >= 11 is 3.67. The van der Waals surface area contributed by atoms with Gasteiger partial charge < -0.3 is 10.1 Å². The molecule has 0 saturated heterocycles. The molecule has 0 bridgehead atoms. The first kappa shape index (κ1) is 19.8. The van der Waals surface area contributed by atoms with Gasteiger partial charge in [-0.25, -0.2) is 0 Å². The van der Waals surface area contributed by atoms with E-state index in [0.717, 1.165) is 27.7 Å². The summed E-state index contributed by atoms with van der Waals surface area (Å²) in [7, 11) is 0. The summed E-state index contributed by atoms with van der Waals surface area (Å²) in [4.78, 5) is 26.9. The van der Waals surface area contributed by atoms with E-state index in [1.807, 2.05) is 30.3 Å². The Morgan fingerprint density at radius 1 is 1.23 bits per heavy atom. The number of halogens is 1. The Hall–Kier alpha value is -3.13. The molecular formula is C23H21BrN4O3. The smallest absolute Gasteiger partial charge is 0.280 e. The van der Waals surface area contributed by atoms with Crippen molar-refractivity contribution in [1.29, 1.82) is 0 Å². The lowest BCUT2D eigenvalue weighted by atomic mass is 9.95. The van der Waals surface area contributed by atoms with E-state index in [9.17, 15) is 9.59 Å². The summed E-state index contributed by atoms with van der Waals surface area (Å²) in [5.74, 6) is 0.599. The van der Waals surface area contributed by atoms with Crippen molar-refractivity contribution in [2.24, 2.45) is 5.92 Å². The van der Waals surface area contributed by atoms with E-state index in [-0.39, 0.29) is 24.5 Å². The van der Waals surface area contributed by atoms with Gasteiger partial charge in [-0.15, -0.1) is 0 Å². The Morgan fingerprint density at radius 2 is 2.03 bits per heavy atom. The average molecular weight is 481 g/mol. The molecule has 0 spiro atoms. The van der Waals surface area contributed by atoms with Crippen molar-refractivity contribution in [3.63, 3.8) is 0 Å². The number of anilines is 2. The van der Waals surface area contributed by atoms with Gasteiger partial charge in [-0.05, 0) is 36.1 Å². The Bertz CT molecular complexity index is 1200. The molecule has 1 atom stereocenters. The topological polar surface area (TPSA) is 87.3 Å². The van der Waals surface area contributed by atoms with Gasteiger partial charge in [-0.3, -0.25) is 19.6 Å². The van der Waals surface area contributed by atoms with Crippen molar-refractivity contribution in [3.8, 4) is 5.75 Å². The van der Waals surface area contributed by atoms with Gasteiger partial charge in [0.25, 0.3) is 11.8 Å². The summed E-state index contributed by atoms with van der Waals surface area (Å²) in [5, 5.41) is 10.3. The second kappa shape index (κ2) is 7.53. The molecule has 0 saturated carbocycles. The molecule has 0 aliphatic carbocycles. The molecule has 7 nitrogen and oxygen atoms in total. The highest BCUT2D eigenvalue weighted by molar-refractivity contribution is 9.10. The molecule has 0 radical (unpaired) electrons. The Morgan fingerprint density at radius 3 is 2.81 bits per heavy atom. The molecule has 2 N–H and O–H groups in total. The number of benzene rings is 2. The second-order valence-corrected chi connectivity index (χ2v) is 9.03. The molecule has 0 fully saturated rings. The van der Waals surface area contributed by atoms with Gasteiger partial charge in [0.1, 0.15) is 5.75 Å². The maximum Gasteiger partial charge on any atom is 0.280 e. The molecule has 1 unspecified atom stereocenters. The highest BCUT2D eigenvalue weighted by Crippen LogP contribution is 2.46. The molecule has 2 aliphatic heterocycles. The lowest BCUT2D eigenvalue weighted by molar-refractivity contribution is -0.118. The van der Waals surface area contributed by atoms with Crippen LogP contribution in [-0.2, 0) is 11.2 Å². The zero-order chi connectivity index (χ0) is 21.7. The average Bonchev–Trinajstić information content (AvgIpc) is 3.26. The van der Waals surface area contributed by atoms with E-state index in [0.29, 0.717) is 28.7 Å². The highest BCUT2D eigenvalue weighted by atomic mass is 79.9. The lowest BCUT2D eigenvalue weighted by Gasteiger charge is -2.28. The minimum absolute atomic E-state index is 0.0433. The highest BCUT2D eigenvalue weighted by Gasteiger charge is 2.44. The van der Waals surface area contributed by atoms with Crippen molar-refractivity contribution >= 4 is 39.1 Å². The van der Waals surface area contributed by atoms with Gasteiger partial charge in [0.05, 0.1) is 11.7 Å². The molecule has 3 aromatic rings. The third-order valence-corrected chi connectivity index (χ3v) is 6.25. The zero-order valence-electron chi connectivity index (χ0n) is 17.1. The number of amides is 2. The molecule has 2 aromatic carbocycles. The van der Waals surface area contributed by atoms with Crippen LogP contribution >= 0.6 is 15.9 Å². The molecule has 31 heavy (non-hydrogen) atoms. The quantitative estimate of drug-likeness (QED) is 0.577. The summed E-state index contributed by atoms with van der Waals surface area (Å²) < 4.78 is 6.51. The summed E-state index contributed by atoms with van der Waals surface area (Å²) in [6, 6.07) is 13.0. The van der Waals surface area contributed by atoms with Crippen LogP contribution in [0.3, 0.4) is 0 Å². The number of carbonyl (C=O) groups excluding carboxylic acids is 2. The third-order valence-electron chi connectivity index (χ3n) is 5.52. The Balaban J connectivity index is 1.66. The molecular weight excluding hydrogens is 460 g/mol. The Kier molecular flexibility index (Phi) is 4.81. The predicted octanol–water partition coefficient (Wildman–Crippen LogP) is 4.45. The first-order valence-corrected chi connectivity index (χ1v) is 10.9. The van der Waals surface area contributed by atoms with Crippen molar-refractivity contribution < 1.29 is 14.3 Å². The van der Waals surface area contributed by atoms with Gasteiger partial charge in [0.15, 0.2) is 12.3 Å². The number of aromatic amines is 1. The molecule has 2 aliphatic rings. The first-order valence-electron chi connectivity index (χ1n) is 10.2. The van der Waals surface area contributed by atoms with Crippen LogP contribution in [0.2, 0.25) is 0 Å². The molecule has 8 heteroatoms. The van der Waals surface area contributed by atoms with E-state index < -0.39 is 0 Å². The van der Waals surface area contributed by atoms with E-state index in [1.54, 1.807) is 17.0 Å². The number of ether oxygens (including phenoxy) is 1. The van der Waals surface area contributed by atoms with E-state index >= 15 is 0 Å². The van der Waals surface area contributed by atoms with Crippen LogP contribution < -0.4 is 15.0 Å². The van der Waals surface area contributed by atoms with E-state index in [4.69, 9.17) is 4.74 Å². The lowest BCUT2D eigenvalue weighted by Crippen LogP contribution is -2.30. The van der Waals surface area contributed by atoms with E-state index in [2.05, 4.69) is 45.3 Å². The molecule has 3 heterocycles. The molecule has 5 rings (SSSR count). The van der Waals surface area contributed by atoms with Crippen molar-refractivity contribution in [2.75, 3.05) is 16.8 Å². The standard InChI is InChI=1S/C23H21BrN4O3/c1-12(2)9-17-20-21(27-26-17)23(30)28(22(20)14-5-3-4-6-15(14)24)13-7-8-16-18(10-13)31-11-19(29)25-16/h3-8,10,12,22H,9,11H2,1-2H3,(H,25,29)(H,26,27). The number of hydrogen-bond donors (Lipinski definition) is 2. The predicted molar refractivity (Wildman–Crippen MR) is 120 cm³/mol. The minimum atomic E-state index is -0.332. The summed E-state index contributed by atoms with van der Waals surface area (Å²) in [5.41, 5.74) is 4.61. The van der Waals surface area contributed by atoms with Gasteiger partial charge >= 0.3 is 0 Å². The molecule has 158 valence electrons. The largest absolute Gasteiger partial charge is 0.482 e. The minimum Gasteiger partial charge on any atom is -0.482 e. The van der Waals surface area contributed by atoms with E-state index in [1.165, 1.54) is 0 Å². The summed E-state index contributed by atoms with van der Waals surface area (Å²) in [6.07, 6.45) is 0.795. The van der Waals surface area contributed by atoms with Crippen LogP contribution in [0.25, 0.3) is 0 Å². The van der Waals surface area contributed by atoms with Crippen LogP contribution in [0.5, 0.6) is 5.75 Å². The summed E-state index contributed by atoms with van der Waals surface area (Å²) in [6.45, 7) is 4.24. The van der Waals surface area contributed by atoms with Gasteiger partial charge in [0, 0.05) is 27.5 Å². The number of nitrogens with zero attached hydrogens (tertiary/aromatic N) is 2. The number of H-pyrrole nitrogens is 1. The number of aromatic nitrogens is 2. The maximum absolute atomic E-state index is 13.5. The van der Waals surface area contributed by atoms with Crippen LogP contribution in [-0.4, -0.2) is 28.6 Å². The number of hydrogen-bond acceptors (Lipinski definition) is 4. The first-order chi connectivity index (χ1) is 14.9. The maximum atomic E-state index is 13.5. The van der Waals surface area contributed by atoms with Crippen molar-refractivity contribution in [1.82, 2.24) is 10.2 Å². The SMILES string of the molecule is CC(C)Cc1[nH]nc2c1C(c1ccccc1Br)N(c1ccc3c(c1)OCC(=O)N3)C2=O. The Labute approximate surface area is 187 Å². The van der Waals surface area contributed by atoms with Crippen LogP contribution in [0.1, 0.15) is 47.2 Å². The molecule has 2 amide bonds. The fraction of sp³-hybridized carbons (Fsp3) is 0.261. The number of rotatable bonds is 4. The fourth-order valence-corrected chi connectivity index (χ4v) is 4.74. The van der Waals surface area contributed by atoms with Crippen LogP contribution in [0, 0.1) is 5.92 Å². The zero-order valence-corrected chi connectivity index (χ0v) is 18.7. The van der Waals surface area contributed by atoms with Crippen molar-refractivity contribution in [2.45, 2.75) is 26.3 Å². The van der Waals surface area contributed by atoms with Gasteiger partial charge in [-0.1, -0.05) is 48.0 Å². The number of carbonyl (C=O) groups is 2. The molecule has 1 aromatic heterocycles.